The van der Waals surface area contributed by atoms with Crippen LogP contribution in [0, 0.1) is 25.7 Å². The number of aromatic nitrogens is 1. The van der Waals surface area contributed by atoms with Crippen LogP contribution in [0.15, 0.2) is 0 Å². The number of carbonyl (C=O) groups is 2. The van der Waals surface area contributed by atoms with E-state index in [4.69, 9.17) is 4.74 Å². The van der Waals surface area contributed by atoms with E-state index < -0.39 is 5.97 Å². The number of rotatable bonds is 5. The molecule has 0 spiro atoms. The molecule has 0 radical (unpaired) electrons. The minimum absolute atomic E-state index is 0.320. The Morgan fingerprint density at radius 3 is 2.58 bits per heavy atom. The summed E-state index contributed by atoms with van der Waals surface area (Å²) in [6.45, 7) is 8.94. The first kappa shape index (κ1) is 13.8. The smallest absolute Gasteiger partial charge is 0.355 e. The Morgan fingerprint density at radius 1 is 1.47 bits per heavy atom. The third-order valence-corrected chi connectivity index (χ3v) is 4.16. The minimum atomic E-state index is -0.394. The van der Waals surface area contributed by atoms with Crippen LogP contribution >= 0.6 is 0 Å². The van der Waals surface area contributed by atoms with Gasteiger partial charge in [-0.05, 0) is 44.6 Å². The van der Waals surface area contributed by atoms with E-state index in [2.05, 4.69) is 6.92 Å². The molecule has 1 aromatic heterocycles. The van der Waals surface area contributed by atoms with Gasteiger partial charge in [-0.1, -0.05) is 6.92 Å². The Bertz CT molecular complexity index is 516. The summed E-state index contributed by atoms with van der Waals surface area (Å²) in [7, 11) is 0. The molecule has 1 aliphatic rings. The van der Waals surface area contributed by atoms with Gasteiger partial charge in [0.1, 0.15) is 5.69 Å². The molecule has 2 atom stereocenters. The number of esters is 1. The maximum absolute atomic E-state index is 12.1. The molecule has 104 valence electrons. The lowest BCUT2D eigenvalue weighted by Crippen LogP contribution is -2.16. The van der Waals surface area contributed by atoms with Crippen LogP contribution in [0.3, 0.4) is 0 Å². The second kappa shape index (κ2) is 5.19. The standard InChI is InChI=1S/C15H21NO3/c1-5-19-15(18)14-13(8-17)10(3)11(4)16(14)7-12-6-9(12)2/h8-9,12H,5-7H2,1-4H3. The van der Waals surface area contributed by atoms with E-state index in [1.54, 1.807) is 6.92 Å². The van der Waals surface area contributed by atoms with Crippen molar-refractivity contribution in [2.75, 3.05) is 6.61 Å². The summed E-state index contributed by atoms with van der Waals surface area (Å²) in [5.41, 5.74) is 2.77. The van der Waals surface area contributed by atoms with Crippen molar-refractivity contribution in [3.8, 4) is 0 Å². The molecule has 2 rings (SSSR count). The topological polar surface area (TPSA) is 48.3 Å². The molecule has 4 heteroatoms. The van der Waals surface area contributed by atoms with Gasteiger partial charge in [-0.25, -0.2) is 4.79 Å². The van der Waals surface area contributed by atoms with Crippen molar-refractivity contribution < 1.29 is 14.3 Å². The largest absolute Gasteiger partial charge is 0.461 e. The lowest BCUT2D eigenvalue weighted by atomic mass is 10.1. The van der Waals surface area contributed by atoms with Gasteiger partial charge in [-0.15, -0.1) is 0 Å². The Kier molecular flexibility index (Phi) is 3.78. The molecule has 1 aliphatic carbocycles. The summed E-state index contributed by atoms with van der Waals surface area (Å²) in [5, 5.41) is 0. The van der Waals surface area contributed by atoms with E-state index in [9.17, 15) is 9.59 Å². The van der Waals surface area contributed by atoms with Gasteiger partial charge in [0.2, 0.25) is 0 Å². The van der Waals surface area contributed by atoms with Gasteiger partial charge in [0.25, 0.3) is 0 Å². The van der Waals surface area contributed by atoms with Gasteiger partial charge in [0.15, 0.2) is 6.29 Å². The van der Waals surface area contributed by atoms with E-state index in [1.807, 2.05) is 18.4 Å². The van der Waals surface area contributed by atoms with Crippen LogP contribution in [0.25, 0.3) is 0 Å². The fourth-order valence-corrected chi connectivity index (χ4v) is 2.57. The zero-order chi connectivity index (χ0) is 14.2. The van der Waals surface area contributed by atoms with Crippen LogP contribution in [0.4, 0.5) is 0 Å². The molecular weight excluding hydrogens is 242 g/mol. The molecule has 1 heterocycles. The number of ether oxygens (including phenoxy) is 1. The quantitative estimate of drug-likeness (QED) is 0.606. The van der Waals surface area contributed by atoms with E-state index in [-0.39, 0.29) is 0 Å². The lowest BCUT2D eigenvalue weighted by molar-refractivity contribution is 0.0510. The van der Waals surface area contributed by atoms with Gasteiger partial charge in [0, 0.05) is 12.2 Å². The van der Waals surface area contributed by atoms with Crippen LogP contribution in [0.2, 0.25) is 0 Å². The van der Waals surface area contributed by atoms with Gasteiger partial charge >= 0.3 is 5.97 Å². The highest BCUT2D eigenvalue weighted by Gasteiger charge is 2.35. The highest BCUT2D eigenvalue weighted by molar-refractivity contribution is 5.98. The van der Waals surface area contributed by atoms with Crippen molar-refractivity contribution in [2.24, 2.45) is 11.8 Å². The zero-order valence-electron chi connectivity index (χ0n) is 12.0. The second-order valence-corrected chi connectivity index (χ2v) is 5.39. The number of aldehydes is 1. The molecule has 1 aromatic rings. The van der Waals surface area contributed by atoms with Gasteiger partial charge in [-0.3, -0.25) is 4.79 Å². The highest BCUT2D eigenvalue weighted by Crippen LogP contribution is 2.40. The molecule has 2 unspecified atom stereocenters. The molecule has 0 saturated heterocycles. The molecule has 1 saturated carbocycles. The molecular formula is C15H21NO3. The monoisotopic (exact) mass is 263 g/mol. The maximum Gasteiger partial charge on any atom is 0.355 e. The first-order valence-corrected chi connectivity index (χ1v) is 6.83. The van der Waals surface area contributed by atoms with Crippen molar-refractivity contribution in [2.45, 2.75) is 40.7 Å². The first-order valence-electron chi connectivity index (χ1n) is 6.83. The van der Waals surface area contributed by atoms with Gasteiger partial charge in [-0.2, -0.15) is 0 Å². The zero-order valence-corrected chi connectivity index (χ0v) is 12.0. The summed E-state index contributed by atoms with van der Waals surface area (Å²) in [5.74, 6) is 0.920. The van der Waals surface area contributed by atoms with Crippen molar-refractivity contribution >= 4 is 12.3 Å². The molecule has 0 aromatic carbocycles. The third kappa shape index (κ3) is 2.44. The summed E-state index contributed by atoms with van der Waals surface area (Å²) < 4.78 is 7.05. The number of nitrogens with zero attached hydrogens (tertiary/aromatic N) is 1. The number of hydrogen-bond acceptors (Lipinski definition) is 3. The SMILES string of the molecule is CCOC(=O)c1c(C=O)c(C)c(C)n1CC1CC1C. The number of hydrogen-bond donors (Lipinski definition) is 0. The Morgan fingerprint density at radius 2 is 2.11 bits per heavy atom. The molecule has 0 amide bonds. The fraction of sp³-hybridized carbons (Fsp3) is 0.600. The molecule has 0 aliphatic heterocycles. The van der Waals surface area contributed by atoms with Gasteiger partial charge < -0.3 is 9.30 Å². The first-order chi connectivity index (χ1) is 9.01. The van der Waals surface area contributed by atoms with Crippen LogP contribution in [-0.4, -0.2) is 23.4 Å². The van der Waals surface area contributed by atoms with Crippen molar-refractivity contribution in [3.05, 3.63) is 22.5 Å². The fourth-order valence-electron chi connectivity index (χ4n) is 2.57. The van der Waals surface area contributed by atoms with Crippen LogP contribution in [0.1, 0.15) is 52.4 Å². The van der Waals surface area contributed by atoms with E-state index >= 15 is 0 Å². The molecule has 1 fully saturated rings. The van der Waals surface area contributed by atoms with Crippen LogP contribution in [0.5, 0.6) is 0 Å². The Labute approximate surface area is 113 Å². The van der Waals surface area contributed by atoms with Crippen molar-refractivity contribution in [3.63, 3.8) is 0 Å². The lowest BCUT2D eigenvalue weighted by Gasteiger charge is -2.11. The van der Waals surface area contributed by atoms with E-state index in [0.29, 0.717) is 29.7 Å². The molecule has 4 nitrogen and oxygen atoms in total. The van der Waals surface area contributed by atoms with E-state index in [1.165, 1.54) is 6.42 Å². The molecule has 19 heavy (non-hydrogen) atoms. The average molecular weight is 263 g/mol. The normalized spacial score (nSPS) is 21.3. The molecule has 0 bridgehead atoms. The highest BCUT2D eigenvalue weighted by atomic mass is 16.5. The summed E-state index contributed by atoms with van der Waals surface area (Å²) in [6.07, 6.45) is 1.96. The van der Waals surface area contributed by atoms with Crippen molar-refractivity contribution in [1.29, 1.82) is 0 Å². The maximum atomic E-state index is 12.1. The number of carbonyl (C=O) groups excluding carboxylic acids is 2. The third-order valence-electron chi connectivity index (χ3n) is 4.16. The predicted octanol–water partition coefficient (Wildman–Crippen LogP) is 2.75. The second-order valence-electron chi connectivity index (χ2n) is 5.39. The minimum Gasteiger partial charge on any atom is -0.461 e. The van der Waals surface area contributed by atoms with Crippen LogP contribution < -0.4 is 0 Å². The van der Waals surface area contributed by atoms with E-state index in [0.717, 1.165) is 24.1 Å². The predicted molar refractivity (Wildman–Crippen MR) is 72.5 cm³/mol. The Balaban J connectivity index is 2.43. The summed E-state index contributed by atoms with van der Waals surface area (Å²) in [6, 6.07) is 0. The van der Waals surface area contributed by atoms with Crippen molar-refractivity contribution in [1.82, 2.24) is 4.57 Å². The summed E-state index contributed by atoms with van der Waals surface area (Å²) in [4.78, 5) is 23.4. The Hall–Kier alpha value is -1.58. The van der Waals surface area contributed by atoms with Gasteiger partial charge in [0.05, 0.1) is 12.2 Å². The van der Waals surface area contributed by atoms with Crippen LogP contribution in [-0.2, 0) is 11.3 Å². The average Bonchev–Trinajstić information content (AvgIpc) is 3.01. The summed E-state index contributed by atoms with van der Waals surface area (Å²) >= 11 is 0. The molecule has 0 N–H and O–H groups in total.